The number of epoxide rings is 2. The Morgan fingerprint density at radius 3 is 2.31 bits per heavy atom. The van der Waals surface area contributed by atoms with E-state index in [0.29, 0.717) is 43.7 Å². The molecule has 9 nitrogen and oxygen atoms in total. The van der Waals surface area contributed by atoms with Crippen LogP contribution >= 0.6 is 0 Å². The van der Waals surface area contributed by atoms with Gasteiger partial charge in [0.1, 0.15) is 6.10 Å². The van der Waals surface area contributed by atoms with Gasteiger partial charge in [-0.1, -0.05) is 12.7 Å². The van der Waals surface area contributed by atoms with Gasteiger partial charge in [-0.25, -0.2) is 4.79 Å². The Hall–Kier alpha value is -1.78. The summed E-state index contributed by atoms with van der Waals surface area (Å²) in [5.74, 6) is -0.158. The summed E-state index contributed by atoms with van der Waals surface area (Å²) in [4.78, 5) is 23.1. The lowest BCUT2D eigenvalue weighted by Crippen LogP contribution is -2.34. The molecule has 0 bridgehead atoms. The second kappa shape index (κ2) is 12.8. The van der Waals surface area contributed by atoms with Crippen LogP contribution in [0.1, 0.15) is 64.2 Å². The van der Waals surface area contributed by atoms with Crippen LogP contribution < -0.4 is 0 Å². The second-order valence-electron chi connectivity index (χ2n) is 12.1. The summed E-state index contributed by atoms with van der Waals surface area (Å²) in [5.41, 5.74) is 0. The molecule has 39 heavy (non-hydrogen) atoms. The Balaban J connectivity index is 0.000000158. The highest BCUT2D eigenvalue weighted by molar-refractivity contribution is 5.81. The van der Waals surface area contributed by atoms with Crippen LogP contribution in [0.2, 0.25) is 0 Å². The van der Waals surface area contributed by atoms with Crippen molar-refractivity contribution in [3.63, 3.8) is 0 Å². The van der Waals surface area contributed by atoms with E-state index in [4.69, 9.17) is 23.7 Å². The number of aliphatic hydroxyl groups is 2. The van der Waals surface area contributed by atoms with Gasteiger partial charge in [-0.15, -0.1) is 6.58 Å². The van der Waals surface area contributed by atoms with Gasteiger partial charge in [-0.05, 0) is 70.1 Å². The van der Waals surface area contributed by atoms with E-state index in [-0.39, 0.29) is 54.7 Å². The summed E-state index contributed by atoms with van der Waals surface area (Å²) in [5, 5.41) is 20.0. The Kier molecular flexibility index (Phi) is 9.44. The lowest BCUT2D eigenvalue weighted by atomic mass is 9.79. The summed E-state index contributed by atoms with van der Waals surface area (Å²) >= 11 is 0. The Morgan fingerprint density at radius 2 is 1.62 bits per heavy atom. The van der Waals surface area contributed by atoms with Gasteiger partial charge in [0.15, 0.2) is 0 Å². The average molecular weight is 549 g/mol. The Labute approximate surface area is 230 Å². The molecule has 218 valence electrons. The molecule has 12 unspecified atom stereocenters. The number of hydrogen-bond acceptors (Lipinski definition) is 9. The van der Waals surface area contributed by atoms with Crippen LogP contribution in [0.15, 0.2) is 25.3 Å². The first-order valence-electron chi connectivity index (χ1n) is 14.8. The smallest absolute Gasteiger partial charge is 0.330 e. The highest BCUT2D eigenvalue weighted by Crippen LogP contribution is 2.42. The highest BCUT2D eigenvalue weighted by atomic mass is 16.6. The van der Waals surface area contributed by atoms with Gasteiger partial charge in [0, 0.05) is 17.9 Å². The molecule has 2 aliphatic heterocycles. The molecule has 2 N–H and O–H groups in total. The van der Waals surface area contributed by atoms with E-state index in [1.165, 1.54) is 0 Å². The van der Waals surface area contributed by atoms with Crippen LogP contribution in [0.3, 0.4) is 0 Å². The van der Waals surface area contributed by atoms with E-state index < -0.39 is 12.1 Å². The molecule has 9 heteroatoms. The number of esters is 2. The van der Waals surface area contributed by atoms with Crippen molar-refractivity contribution in [2.45, 2.75) is 113 Å². The van der Waals surface area contributed by atoms with Crippen LogP contribution in [-0.4, -0.2) is 84.2 Å². The van der Waals surface area contributed by atoms with Crippen LogP contribution in [0.5, 0.6) is 0 Å². The topological polar surface area (TPSA) is 127 Å². The van der Waals surface area contributed by atoms with Crippen molar-refractivity contribution < 1.29 is 43.5 Å². The number of carbonyl (C=O) groups is 2. The second-order valence-corrected chi connectivity index (χ2v) is 12.1. The molecule has 12 atom stereocenters. The molecule has 2 heterocycles. The van der Waals surface area contributed by atoms with Crippen molar-refractivity contribution in [3.05, 3.63) is 25.3 Å². The standard InChI is InChI=1S/C16H24O4.C14H20O5/c1-2-11-8-12(4-5-13(11)17)16(18)19-9-10-3-6-14-15(7-10)20-14;1-2-12(15)17-7-8-3-4-9(13(8)16)18-10-5-6-11-14(10)19-11/h2,10-15,17H,1,3-9H2;2,8-11,13-14,16H,1,3-7H2. The highest BCUT2D eigenvalue weighted by Gasteiger charge is 2.52. The van der Waals surface area contributed by atoms with Crippen LogP contribution in [-0.2, 0) is 33.3 Å². The fourth-order valence-electron chi connectivity index (χ4n) is 6.79. The monoisotopic (exact) mass is 548 g/mol. The molecule has 0 aromatic carbocycles. The van der Waals surface area contributed by atoms with Gasteiger partial charge in [0.05, 0.1) is 61.9 Å². The van der Waals surface area contributed by atoms with Crippen molar-refractivity contribution in [1.29, 1.82) is 0 Å². The average Bonchev–Trinajstić information content (AvgIpc) is 3.85. The molecule has 0 spiro atoms. The molecule has 4 saturated carbocycles. The van der Waals surface area contributed by atoms with Crippen LogP contribution in [0.4, 0.5) is 0 Å². The molecule has 6 fully saturated rings. The summed E-state index contributed by atoms with van der Waals surface area (Å²) in [6, 6.07) is 0. The molecule has 0 radical (unpaired) electrons. The van der Waals surface area contributed by atoms with E-state index in [2.05, 4.69) is 13.2 Å². The minimum absolute atomic E-state index is 0.0246. The van der Waals surface area contributed by atoms with Gasteiger partial charge >= 0.3 is 11.9 Å². The molecule has 0 aromatic heterocycles. The fourth-order valence-corrected chi connectivity index (χ4v) is 6.79. The molecule has 4 aliphatic carbocycles. The molecule has 6 rings (SSSR count). The molecular weight excluding hydrogens is 504 g/mol. The maximum atomic E-state index is 12.1. The van der Waals surface area contributed by atoms with Crippen molar-refractivity contribution in [2.24, 2.45) is 23.7 Å². The molecule has 0 amide bonds. The maximum absolute atomic E-state index is 12.1. The lowest BCUT2D eigenvalue weighted by molar-refractivity contribution is -0.152. The number of rotatable bonds is 9. The van der Waals surface area contributed by atoms with Crippen LogP contribution in [0, 0.1) is 23.7 Å². The predicted molar refractivity (Wildman–Crippen MR) is 140 cm³/mol. The van der Waals surface area contributed by atoms with Gasteiger partial charge in [0.25, 0.3) is 0 Å². The first-order chi connectivity index (χ1) is 18.9. The summed E-state index contributed by atoms with van der Waals surface area (Å²) < 4.78 is 27.4. The third-order valence-electron chi connectivity index (χ3n) is 9.44. The van der Waals surface area contributed by atoms with E-state index in [1.807, 2.05) is 0 Å². The normalized spacial score (nSPS) is 43.6. The first kappa shape index (κ1) is 28.7. The molecular formula is C30H44O9. The van der Waals surface area contributed by atoms with Gasteiger partial charge in [0.2, 0.25) is 0 Å². The minimum atomic E-state index is -0.560. The minimum Gasteiger partial charge on any atom is -0.465 e. The quantitative estimate of drug-likeness (QED) is 0.193. The largest absolute Gasteiger partial charge is 0.465 e. The Bertz CT molecular complexity index is 892. The summed E-state index contributed by atoms with van der Waals surface area (Å²) in [7, 11) is 0. The molecule has 0 aromatic rings. The summed E-state index contributed by atoms with van der Waals surface area (Å²) in [6.07, 6.45) is 12.6. The number of ether oxygens (including phenoxy) is 5. The van der Waals surface area contributed by atoms with Crippen LogP contribution in [0.25, 0.3) is 0 Å². The van der Waals surface area contributed by atoms with Crippen molar-refractivity contribution in [1.82, 2.24) is 0 Å². The van der Waals surface area contributed by atoms with Gasteiger partial charge in [-0.2, -0.15) is 0 Å². The molecule has 6 aliphatic rings. The number of hydrogen-bond donors (Lipinski definition) is 2. The predicted octanol–water partition coefficient (Wildman–Crippen LogP) is 2.86. The zero-order valence-corrected chi connectivity index (χ0v) is 22.7. The maximum Gasteiger partial charge on any atom is 0.330 e. The third kappa shape index (κ3) is 7.30. The van der Waals surface area contributed by atoms with Gasteiger partial charge in [-0.3, -0.25) is 4.79 Å². The van der Waals surface area contributed by atoms with E-state index >= 15 is 0 Å². The van der Waals surface area contributed by atoms with Crippen molar-refractivity contribution >= 4 is 11.9 Å². The number of carbonyl (C=O) groups excluding carboxylic acids is 2. The fraction of sp³-hybridized carbons (Fsp3) is 0.800. The lowest BCUT2D eigenvalue weighted by Gasteiger charge is -2.30. The van der Waals surface area contributed by atoms with E-state index in [0.717, 1.165) is 57.4 Å². The van der Waals surface area contributed by atoms with Crippen molar-refractivity contribution in [2.75, 3.05) is 13.2 Å². The SMILES string of the molecule is C=CC(=O)OCC1CCC(OC2CCC3OC23)C1O.C=CC1CC(C(=O)OCC2CCC3OC3C2)CCC1O. The van der Waals surface area contributed by atoms with E-state index in [1.54, 1.807) is 6.08 Å². The zero-order valence-electron chi connectivity index (χ0n) is 22.7. The summed E-state index contributed by atoms with van der Waals surface area (Å²) in [6.45, 7) is 7.85. The van der Waals surface area contributed by atoms with Gasteiger partial charge < -0.3 is 33.9 Å². The third-order valence-corrected chi connectivity index (χ3v) is 9.44. The van der Waals surface area contributed by atoms with Crippen molar-refractivity contribution in [3.8, 4) is 0 Å². The number of aliphatic hydroxyl groups excluding tert-OH is 2. The van der Waals surface area contributed by atoms with E-state index in [9.17, 15) is 19.8 Å². The molecule has 2 saturated heterocycles. The zero-order chi connectivity index (χ0) is 27.5. The first-order valence-corrected chi connectivity index (χ1v) is 14.8. The number of fused-ring (bicyclic) bond motifs is 2. The Morgan fingerprint density at radius 1 is 0.821 bits per heavy atom.